The van der Waals surface area contributed by atoms with Crippen LogP contribution in [-0.4, -0.2) is 59.2 Å². The largest absolute Gasteiger partial charge is 0.392 e. The van der Waals surface area contributed by atoms with E-state index in [1.807, 2.05) is 12.3 Å². The molecule has 0 spiro atoms. The molecule has 2 unspecified atom stereocenters. The minimum atomic E-state index is -0.195. The lowest BCUT2D eigenvalue weighted by atomic mass is 10.1. The van der Waals surface area contributed by atoms with Crippen LogP contribution in [0, 0.1) is 6.92 Å². The number of aryl methyl sites for hydroxylation is 1. The first-order valence-corrected chi connectivity index (χ1v) is 6.53. The summed E-state index contributed by atoms with van der Waals surface area (Å²) in [5.74, 6) is 0. The van der Waals surface area contributed by atoms with Crippen molar-refractivity contribution in [3.8, 4) is 0 Å². The van der Waals surface area contributed by atoms with Gasteiger partial charge in [-0.25, -0.2) is 0 Å². The van der Waals surface area contributed by atoms with Crippen LogP contribution in [0.15, 0.2) is 18.3 Å². The van der Waals surface area contributed by atoms with E-state index in [9.17, 15) is 5.11 Å². The second kappa shape index (κ2) is 5.78. The zero-order chi connectivity index (χ0) is 13.1. The maximum Gasteiger partial charge on any atom is 0.0682 e. The topological polar surface area (TPSA) is 39.6 Å². The summed E-state index contributed by atoms with van der Waals surface area (Å²) in [5.41, 5.74) is 2.35. The summed E-state index contributed by atoms with van der Waals surface area (Å²) in [6.07, 6.45) is 2.51. The van der Waals surface area contributed by atoms with Crippen LogP contribution in [0.25, 0.3) is 0 Å². The van der Waals surface area contributed by atoms with Gasteiger partial charge in [0.25, 0.3) is 0 Å². The van der Waals surface area contributed by atoms with Crippen molar-refractivity contribution in [3.63, 3.8) is 0 Å². The van der Waals surface area contributed by atoms with Gasteiger partial charge in [0.2, 0.25) is 0 Å². The molecule has 1 saturated heterocycles. The highest BCUT2D eigenvalue weighted by molar-refractivity contribution is 5.17. The van der Waals surface area contributed by atoms with E-state index in [4.69, 9.17) is 0 Å². The minimum absolute atomic E-state index is 0.195. The summed E-state index contributed by atoms with van der Waals surface area (Å²) in [6, 6.07) is 4.49. The van der Waals surface area contributed by atoms with Gasteiger partial charge in [0.15, 0.2) is 0 Å². The van der Waals surface area contributed by atoms with Gasteiger partial charge in [-0.1, -0.05) is 6.07 Å². The summed E-state index contributed by atoms with van der Waals surface area (Å²) in [5, 5.41) is 9.85. The van der Waals surface area contributed by atoms with E-state index >= 15 is 0 Å². The molecular weight excluding hydrogens is 226 g/mol. The van der Waals surface area contributed by atoms with Crippen molar-refractivity contribution in [1.82, 2.24) is 14.8 Å². The Morgan fingerprint density at radius 2 is 2.28 bits per heavy atom. The first-order valence-electron chi connectivity index (χ1n) is 6.53. The lowest BCUT2D eigenvalue weighted by molar-refractivity contribution is 0.168. The van der Waals surface area contributed by atoms with Gasteiger partial charge in [-0.2, -0.15) is 0 Å². The number of pyridine rings is 1. The van der Waals surface area contributed by atoms with Crippen LogP contribution >= 0.6 is 0 Å². The molecule has 2 atom stereocenters. The monoisotopic (exact) mass is 249 g/mol. The van der Waals surface area contributed by atoms with E-state index in [1.54, 1.807) is 0 Å². The van der Waals surface area contributed by atoms with Crippen molar-refractivity contribution in [2.75, 3.05) is 27.2 Å². The lowest BCUT2D eigenvalue weighted by Crippen LogP contribution is -2.37. The molecule has 1 aromatic heterocycles. The first kappa shape index (κ1) is 13.5. The summed E-state index contributed by atoms with van der Waals surface area (Å²) in [6.45, 7) is 4.68. The predicted octanol–water partition coefficient (Wildman–Crippen LogP) is 0.887. The normalized spacial score (nSPS) is 24.9. The van der Waals surface area contributed by atoms with Crippen LogP contribution in [0.5, 0.6) is 0 Å². The van der Waals surface area contributed by atoms with Gasteiger partial charge >= 0.3 is 0 Å². The molecule has 4 nitrogen and oxygen atoms in total. The van der Waals surface area contributed by atoms with Crippen LogP contribution in [0.4, 0.5) is 0 Å². The van der Waals surface area contributed by atoms with Crippen molar-refractivity contribution < 1.29 is 5.11 Å². The summed E-state index contributed by atoms with van der Waals surface area (Å²) < 4.78 is 0. The molecule has 0 aliphatic carbocycles. The highest BCUT2D eigenvalue weighted by atomic mass is 16.3. The lowest BCUT2D eigenvalue weighted by Gasteiger charge is -2.26. The Morgan fingerprint density at radius 1 is 1.50 bits per heavy atom. The maximum absolute atomic E-state index is 9.85. The number of likely N-dealkylation sites (N-methyl/N-ethyl adjacent to an activating group) is 1. The molecule has 0 radical (unpaired) electrons. The SMILES string of the molecule is Cc1cccnc1CN1CC(O)CC1CN(C)C. The van der Waals surface area contributed by atoms with Crippen LogP contribution in [0.1, 0.15) is 17.7 Å². The van der Waals surface area contributed by atoms with Crippen molar-refractivity contribution in [1.29, 1.82) is 0 Å². The van der Waals surface area contributed by atoms with Gasteiger partial charge in [-0.05, 0) is 39.1 Å². The average Bonchev–Trinajstić information content (AvgIpc) is 2.61. The molecule has 1 aliphatic heterocycles. The number of aromatic nitrogens is 1. The summed E-state index contributed by atoms with van der Waals surface area (Å²) in [4.78, 5) is 8.97. The fraction of sp³-hybridized carbons (Fsp3) is 0.643. The highest BCUT2D eigenvalue weighted by Gasteiger charge is 2.31. The van der Waals surface area contributed by atoms with Gasteiger partial charge in [0.1, 0.15) is 0 Å². The van der Waals surface area contributed by atoms with Crippen molar-refractivity contribution >= 4 is 0 Å². The quantitative estimate of drug-likeness (QED) is 0.860. The third kappa shape index (κ3) is 3.28. The molecule has 4 heteroatoms. The predicted molar refractivity (Wildman–Crippen MR) is 72.3 cm³/mol. The third-order valence-electron chi connectivity index (χ3n) is 3.55. The molecule has 100 valence electrons. The van der Waals surface area contributed by atoms with Gasteiger partial charge < -0.3 is 10.0 Å². The standard InChI is InChI=1S/C14H23N3O/c1-11-5-4-6-15-14(11)10-17-9-13(18)7-12(17)8-16(2)3/h4-6,12-13,18H,7-10H2,1-3H3. The highest BCUT2D eigenvalue weighted by Crippen LogP contribution is 2.21. The van der Waals surface area contributed by atoms with Crippen LogP contribution in [0.2, 0.25) is 0 Å². The molecular formula is C14H23N3O. The van der Waals surface area contributed by atoms with E-state index in [0.717, 1.165) is 31.7 Å². The first-order chi connectivity index (χ1) is 8.56. The van der Waals surface area contributed by atoms with Gasteiger partial charge in [-0.3, -0.25) is 9.88 Å². The Morgan fingerprint density at radius 3 is 2.94 bits per heavy atom. The van der Waals surface area contributed by atoms with Gasteiger partial charge in [0, 0.05) is 31.9 Å². The molecule has 0 amide bonds. The van der Waals surface area contributed by atoms with Crippen molar-refractivity contribution in [3.05, 3.63) is 29.6 Å². The Labute approximate surface area is 109 Å². The maximum atomic E-state index is 9.85. The second-order valence-corrected chi connectivity index (χ2v) is 5.50. The fourth-order valence-electron chi connectivity index (χ4n) is 2.64. The molecule has 1 aromatic rings. The molecule has 2 heterocycles. The van der Waals surface area contributed by atoms with E-state index in [0.29, 0.717) is 6.04 Å². The molecule has 0 saturated carbocycles. The van der Waals surface area contributed by atoms with Crippen molar-refractivity contribution in [2.24, 2.45) is 0 Å². The Hall–Kier alpha value is -0.970. The van der Waals surface area contributed by atoms with Crippen LogP contribution < -0.4 is 0 Å². The Bertz CT molecular complexity index is 394. The number of rotatable bonds is 4. The number of hydrogen-bond acceptors (Lipinski definition) is 4. The number of aliphatic hydroxyl groups is 1. The van der Waals surface area contributed by atoms with E-state index in [-0.39, 0.29) is 6.10 Å². The Balaban J connectivity index is 2.05. The third-order valence-corrected chi connectivity index (χ3v) is 3.55. The number of aliphatic hydroxyl groups excluding tert-OH is 1. The average molecular weight is 249 g/mol. The number of β-amino-alcohol motifs (C(OH)–C–C–N with tert-alkyl or cyclic N) is 1. The second-order valence-electron chi connectivity index (χ2n) is 5.50. The van der Waals surface area contributed by atoms with Crippen LogP contribution in [-0.2, 0) is 6.54 Å². The van der Waals surface area contributed by atoms with Crippen molar-refractivity contribution in [2.45, 2.75) is 32.0 Å². The van der Waals surface area contributed by atoms with E-state index in [1.165, 1.54) is 5.56 Å². The number of hydrogen-bond donors (Lipinski definition) is 1. The minimum Gasteiger partial charge on any atom is -0.392 e. The van der Waals surface area contributed by atoms with E-state index in [2.05, 4.69) is 41.9 Å². The molecule has 0 bridgehead atoms. The molecule has 0 aromatic carbocycles. The molecule has 2 rings (SSSR count). The molecule has 1 fully saturated rings. The smallest absolute Gasteiger partial charge is 0.0682 e. The van der Waals surface area contributed by atoms with E-state index < -0.39 is 0 Å². The fourth-order valence-corrected chi connectivity index (χ4v) is 2.64. The summed E-state index contributed by atoms with van der Waals surface area (Å²) in [7, 11) is 4.16. The molecule has 1 aliphatic rings. The molecule has 1 N–H and O–H groups in total. The summed E-state index contributed by atoms with van der Waals surface area (Å²) >= 11 is 0. The zero-order valence-corrected chi connectivity index (χ0v) is 11.5. The van der Waals surface area contributed by atoms with Gasteiger partial charge in [-0.15, -0.1) is 0 Å². The molecule has 18 heavy (non-hydrogen) atoms. The zero-order valence-electron chi connectivity index (χ0n) is 11.5. The number of likely N-dealkylation sites (tertiary alicyclic amines) is 1. The van der Waals surface area contributed by atoms with Gasteiger partial charge in [0.05, 0.1) is 11.8 Å². The Kier molecular flexibility index (Phi) is 4.32. The van der Waals surface area contributed by atoms with Crippen LogP contribution in [0.3, 0.4) is 0 Å². The number of nitrogens with zero attached hydrogens (tertiary/aromatic N) is 3.